The molecule has 0 radical (unpaired) electrons. The normalized spacial score (nSPS) is 20.2. The maximum Gasteiger partial charge on any atom is 0.256 e. The van der Waals surface area contributed by atoms with Crippen molar-refractivity contribution in [3.63, 3.8) is 0 Å². The molecule has 1 fully saturated rings. The zero-order valence-corrected chi connectivity index (χ0v) is 15.0. The van der Waals surface area contributed by atoms with E-state index in [0.717, 1.165) is 48.0 Å². The van der Waals surface area contributed by atoms with Gasteiger partial charge >= 0.3 is 0 Å². The lowest BCUT2D eigenvalue weighted by molar-refractivity contribution is 0.126. The summed E-state index contributed by atoms with van der Waals surface area (Å²) >= 11 is 0. The zero-order chi connectivity index (χ0) is 18.1. The molecule has 0 amide bonds. The molecular weight excluding hydrogens is 324 g/mol. The first kappa shape index (κ1) is 16.9. The number of fused-ring (bicyclic) bond motifs is 1. The Bertz CT molecular complexity index is 968. The van der Waals surface area contributed by atoms with Gasteiger partial charge in [-0.15, -0.1) is 0 Å². The molecule has 3 aromatic rings. The smallest absolute Gasteiger partial charge is 0.256 e. The number of pyridine rings is 1. The molecule has 4 rings (SSSR count). The summed E-state index contributed by atoms with van der Waals surface area (Å²) in [5.74, 6) is 0. The van der Waals surface area contributed by atoms with Crippen molar-refractivity contribution in [3.8, 4) is 11.3 Å². The average Bonchev–Trinajstić information content (AvgIpc) is 2.66. The molecule has 0 saturated heterocycles. The van der Waals surface area contributed by atoms with Crippen LogP contribution in [-0.4, -0.2) is 22.2 Å². The Balaban J connectivity index is 1.84. The van der Waals surface area contributed by atoms with E-state index in [1.54, 1.807) is 0 Å². The van der Waals surface area contributed by atoms with Gasteiger partial charge < -0.3 is 15.4 Å². The monoisotopic (exact) mass is 348 g/mol. The largest absolute Gasteiger partial charge is 0.393 e. The van der Waals surface area contributed by atoms with E-state index < -0.39 is 0 Å². The van der Waals surface area contributed by atoms with Crippen LogP contribution < -0.4 is 10.9 Å². The highest BCUT2D eigenvalue weighted by atomic mass is 16.3. The Morgan fingerprint density at radius 2 is 1.62 bits per heavy atom. The quantitative estimate of drug-likeness (QED) is 0.664. The summed E-state index contributed by atoms with van der Waals surface area (Å²) in [5.41, 5.74) is 3.93. The minimum atomic E-state index is -0.183. The van der Waals surface area contributed by atoms with Crippen molar-refractivity contribution < 1.29 is 5.11 Å². The molecule has 3 N–H and O–H groups in total. The summed E-state index contributed by atoms with van der Waals surface area (Å²) in [4.78, 5) is 15.7. The fraction of sp³-hybridized carbons (Fsp3) is 0.318. The van der Waals surface area contributed by atoms with Crippen LogP contribution in [0.3, 0.4) is 0 Å². The van der Waals surface area contributed by atoms with Gasteiger partial charge in [-0.1, -0.05) is 48.0 Å². The zero-order valence-electron chi connectivity index (χ0n) is 15.0. The maximum atomic E-state index is 12.6. The van der Waals surface area contributed by atoms with Gasteiger partial charge in [-0.05, 0) is 38.7 Å². The summed E-state index contributed by atoms with van der Waals surface area (Å²) in [6, 6.07) is 16.2. The second-order valence-corrected chi connectivity index (χ2v) is 7.27. The van der Waals surface area contributed by atoms with E-state index in [4.69, 9.17) is 0 Å². The number of rotatable bonds is 3. The molecule has 0 bridgehead atoms. The van der Waals surface area contributed by atoms with Crippen molar-refractivity contribution in [1.82, 2.24) is 4.98 Å². The number of aliphatic hydroxyl groups excluding tert-OH is 1. The van der Waals surface area contributed by atoms with Crippen LogP contribution in [0.5, 0.6) is 0 Å². The van der Waals surface area contributed by atoms with E-state index in [9.17, 15) is 9.90 Å². The van der Waals surface area contributed by atoms with E-state index >= 15 is 0 Å². The summed E-state index contributed by atoms with van der Waals surface area (Å²) in [5, 5.41) is 15.1. The van der Waals surface area contributed by atoms with Crippen LogP contribution in [0.25, 0.3) is 22.0 Å². The van der Waals surface area contributed by atoms with Crippen molar-refractivity contribution in [3.05, 3.63) is 64.4 Å². The summed E-state index contributed by atoms with van der Waals surface area (Å²) in [7, 11) is 0. The molecule has 4 heteroatoms. The summed E-state index contributed by atoms with van der Waals surface area (Å²) < 4.78 is 0. The highest BCUT2D eigenvalue weighted by Crippen LogP contribution is 2.33. The fourth-order valence-corrected chi connectivity index (χ4v) is 3.79. The van der Waals surface area contributed by atoms with Crippen LogP contribution in [-0.2, 0) is 0 Å². The molecule has 1 aliphatic rings. The van der Waals surface area contributed by atoms with Crippen LogP contribution in [0, 0.1) is 6.92 Å². The predicted octanol–water partition coefficient (Wildman–Crippen LogP) is 4.22. The first-order chi connectivity index (χ1) is 12.6. The van der Waals surface area contributed by atoms with E-state index in [1.807, 2.05) is 36.4 Å². The van der Waals surface area contributed by atoms with Crippen LogP contribution in [0.1, 0.15) is 31.2 Å². The minimum absolute atomic E-state index is 0.0687. The molecule has 1 aliphatic carbocycles. The van der Waals surface area contributed by atoms with Gasteiger partial charge in [0, 0.05) is 22.4 Å². The van der Waals surface area contributed by atoms with Gasteiger partial charge in [0.25, 0.3) is 5.56 Å². The van der Waals surface area contributed by atoms with Gasteiger partial charge in [0.2, 0.25) is 0 Å². The second kappa shape index (κ2) is 6.96. The van der Waals surface area contributed by atoms with E-state index in [1.165, 1.54) is 5.56 Å². The van der Waals surface area contributed by atoms with Crippen LogP contribution in [0.15, 0.2) is 53.3 Å². The predicted molar refractivity (Wildman–Crippen MR) is 107 cm³/mol. The van der Waals surface area contributed by atoms with E-state index in [2.05, 4.69) is 29.4 Å². The van der Waals surface area contributed by atoms with Crippen LogP contribution in [0.2, 0.25) is 0 Å². The van der Waals surface area contributed by atoms with Crippen molar-refractivity contribution in [1.29, 1.82) is 0 Å². The third-order valence-electron chi connectivity index (χ3n) is 5.31. The molecule has 1 heterocycles. The number of aliphatic hydroxyl groups is 1. The number of aromatic amines is 1. The first-order valence-electron chi connectivity index (χ1n) is 9.28. The molecule has 1 saturated carbocycles. The van der Waals surface area contributed by atoms with Gasteiger partial charge in [-0.25, -0.2) is 0 Å². The molecule has 0 atom stereocenters. The van der Waals surface area contributed by atoms with E-state index in [0.29, 0.717) is 11.4 Å². The Morgan fingerprint density at radius 1 is 0.962 bits per heavy atom. The van der Waals surface area contributed by atoms with Crippen molar-refractivity contribution >= 4 is 16.5 Å². The number of anilines is 1. The lowest BCUT2D eigenvalue weighted by Gasteiger charge is -2.28. The molecule has 0 spiro atoms. The third kappa shape index (κ3) is 3.25. The Morgan fingerprint density at radius 3 is 2.31 bits per heavy atom. The van der Waals surface area contributed by atoms with Gasteiger partial charge in [-0.2, -0.15) is 0 Å². The van der Waals surface area contributed by atoms with Crippen molar-refractivity contribution in [2.45, 2.75) is 44.8 Å². The molecular formula is C22H24N2O2. The van der Waals surface area contributed by atoms with Gasteiger partial charge in [0.05, 0.1) is 17.5 Å². The average molecular weight is 348 g/mol. The topological polar surface area (TPSA) is 65.1 Å². The number of aromatic nitrogens is 1. The number of H-pyrrole nitrogens is 1. The third-order valence-corrected chi connectivity index (χ3v) is 5.31. The van der Waals surface area contributed by atoms with Crippen molar-refractivity contribution in [2.75, 3.05) is 5.32 Å². The van der Waals surface area contributed by atoms with Gasteiger partial charge in [0.15, 0.2) is 0 Å². The second-order valence-electron chi connectivity index (χ2n) is 7.27. The number of hydrogen-bond acceptors (Lipinski definition) is 3. The fourth-order valence-electron chi connectivity index (χ4n) is 3.79. The summed E-state index contributed by atoms with van der Waals surface area (Å²) in [6.45, 7) is 2.05. The molecule has 2 aromatic carbocycles. The maximum absolute atomic E-state index is 12.6. The van der Waals surface area contributed by atoms with Crippen molar-refractivity contribution in [2.24, 2.45) is 0 Å². The lowest BCUT2D eigenvalue weighted by atomic mass is 9.92. The van der Waals surface area contributed by atoms with Crippen LogP contribution in [0.4, 0.5) is 5.69 Å². The summed E-state index contributed by atoms with van der Waals surface area (Å²) in [6.07, 6.45) is 3.32. The standard InChI is InChI=1S/C22H24N2O2/c1-14-6-8-15(9-7-14)20-21(23-16-10-12-17(25)13-11-16)18-4-2-3-5-19(18)22(26)24-20/h2-9,16-17,23,25H,10-13H2,1H3,(H,24,26). The van der Waals surface area contributed by atoms with Crippen LogP contribution >= 0.6 is 0 Å². The molecule has 26 heavy (non-hydrogen) atoms. The molecule has 4 nitrogen and oxygen atoms in total. The first-order valence-corrected chi connectivity index (χ1v) is 9.28. The van der Waals surface area contributed by atoms with Gasteiger partial charge in [0.1, 0.15) is 0 Å². The molecule has 134 valence electrons. The number of aryl methyl sites for hydroxylation is 1. The highest BCUT2D eigenvalue weighted by molar-refractivity contribution is 5.99. The number of hydrogen-bond donors (Lipinski definition) is 3. The Kier molecular flexibility index (Phi) is 4.51. The molecule has 0 unspecified atom stereocenters. The Hall–Kier alpha value is -2.59. The highest BCUT2D eigenvalue weighted by Gasteiger charge is 2.22. The minimum Gasteiger partial charge on any atom is -0.393 e. The molecule has 1 aromatic heterocycles. The number of nitrogens with one attached hydrogen (secondary N) is 2. The van der Waals surface area contributed by atoms with Gasteiger partial charge in [-0.3, -0.25) is 4.79 Å². The molecule has 0 aliphatic heterocycles. The SMILES string of the molecule is Cc1ccc(-c2[nH]c(=O)c3ccccc3c2NC2CCC(O)CC2)cc1. The number of benzene rings is 2. The lowest BCUT2D eigenvalue weighted by Crippen LogP contribution is -2.29. The Labute approximate surface area is 152 Å². The van der Waals surface area contributed by atoms with E-state index in [-0.39, 0.29) is 11.7 Å².